The number of methoxy groups -OCH3 is 1. The van der Waals surface area contributed by atoms with E-state index in [4.69, 9.17) is 4.74 Å². The minimum atomic E-state index is -0.638. The zero-order chi connectivity index (χ0) is 20.5. The fraction of sp³-hybridized carbons (Fsp3) is 0.0833. The van der Waals surface area contributed by atoms with E-state index in [2.05, 4.69) is 0 Å². The maximum Gasteiger partial charge on any atom is 0.340 e. The maximum absolute atomic E-state index is 14.4. The van der Waals surface area contributed by atoms with Crippen molar-refractivity contribution in [2.75, 3.05) is 12.0 Å². The van der Waals surface area contributed by atoms with Gasteiger partial charge in [-0.2, -0.15) is 0 Å². The lowest BCUT2D eigenvalue weighted by Crippen LogP contribution is -2.25. The van der Waals surface area contributed by atoms with Crippen LogP contribution in [0.4, 0.5) is 10.1 Å². The Morgan fingerprint density at radius 3 is 2.45 bits per heavy atom. The SMILES string of the molecule is COC(=O)C1=C(C)N(c2ccccc2F)C(=O)/C1=C\c1cccc2ccccc12. The number of rotatable bonds is 3. The van der Waals surface area contributed by atoms with Crippen molar-refractivity contribution >= 4 is 34.4 Å². The molecule has 0 bridgehead atoms. The molecule has 29 heavy (non-hydrogen) atoms. The number of carbonyl (C=O) groups is 2. The van der Waals surface area contributed by atoms with Gasteiger partial charge in [0.05, 0.1) is 23.9 Å². The Morgan fingerprint density at radius 2 is 1.69 bits per heavy atom. The van der Waals surface area contributed by atoms with E-state index in [1.807, 2.05) is 42.5 Å². The molecule has 1 heterocycles. The second kappa shape index (κ2) is 7.36. The smallest absolute Gasteiger partial charge is 0.340 e. The number of benzene rings is 3. The molecule has 0 radical (unpaired) electrons. The highest BCUT2D eigenvalue weighted by molar-refractivity contribution is 6.24. The van der Waals surface area contributed by atoms with Crippen LogP contribution in [-0.4, -0.2) is 19.0 Å². The van der Waals surface area contributed by atoms with E-state index in [1.165, 1.54) is 24.1 Å². The summed E-state index contributed by atoms with van der Waals surface area (Å²) >= 11 is 0. The van der Waals surface area contributed by atoms with Crippen molar-refractivity contribution in [3.8, 4) is 0 Å². The van der Waals surface area contributed by atoms with Gasteiger partial charge in [0.1, 0.15) is 5.82 Å². The van der Waals surface area contributed by atoms with Crippen molar-refractivity contribution in [3.63, 3.8) is 0 Å². The zero-order valence-corrected chi connectivity index (χ0v) is 16.0. The molecule has 1 aliphatic heterocycles. The summed E-state index contributed by atoms with van der Waals surface area (Å²) < 4.78 is 19.3. The number of fused-ring (bicyclic) bond motifs is 1. The van der Waals surface area contributed by atoms with Gasteiger partial charge in [0.25, 0.3) is 5.91 Å². The first-order chi connectivity index (χ1) is 14.0. The van der Waals surface area contributed by atoms with Gasteiger partial charge in [0, 0.05) is 5.70 Å². The molecule has 0 unspecified atom stereocenters. The van der Waals surface area contributed by atoms with Crippen LogP contribution in [0.5, 0.6) is 0 Å². The largest absolute Gasteiger partial charge is 0.465 e. The normalized spacial score (nSPS) is 15.5. The van der Waals surface area contributed by atoms with Crippen LogP contribution in [0, 0.1) is 5.82 Å². The third-order valence-corrected chi connectivity index (χ3v) is 5.01. The molecule has 0 aliphatic carbocycles. The minimum absolute atomic E-state index is 0.0951. The van der Waals surface area contributed by atoms with Gasteiger partial charge in [0.15, 0.2) is 0 Å². The number of hydrogen-bond acceptors (Lipinski definition) is 3. The molecule has 0 fully saturated rings. The molecule has 1 amide bonds. The van der Waals surface area contributed by atoms with Gasteiger partial charge in [-0.3, -0.25) is 9.69 Å². The summed E-state index contributed by atoms with van der Waals surface area (Å²) in [5.41, 5.74) is 1.52. The Labute approximate surface area is 167 Å². The fourth-order valence-electron chi connectivity index (χ4n) is 3.64. The molecule has 3 aromatic rings. The Kier molecular flexibility index (Phi) is 4.72. The Hall–Kier alpha value is -3.73. The number of nitrogens with zero attached hydrogens (tertiary/aromatic N) is 1. The van der Waals surface area contributed by atoms with Crippen LogP contribution in [0.15, 0.2) is 83.6 Å². The first kappa shape index (κ1) is 18.6. The third-order valence-electron chi connectivity index (χ3n) is 5.01. The van der Waals surface area contributed by atoms with Crippen LogP contribution in [0.3, 0.4) is 0 Å². The molecule has 0 saturated heterocycles. The topological polar surface area (TPSA) is 46.6 Å². The molecular weight excluding hydrogens is 369 g/mol. The molecule has 4 nitrogen and oxygen atoms in total. The van der Waals surface area contributed by atoms with Crippen molar-refractivity contribution in [3.05, 3.63) is 95.0 Å². The van der Waals surface area contributed by atoms with E-state index < -0.39 is 17.7 Å². The molecule has 144 valence electrons. The number of halogens is 1. The van der Waals surface area contributed by atoms with Gasteiger partial charge in [-0.15, -0.1) is 0 Å². The summed E-state index contributed by atoms with van der Waals surface area (Å²) in [6, 6.07) is 19.5. The number of ether oxygens (including phenoxy) is 1. The number of para-hydroxylation sites is 1. The van der Waals surface area contributed by atoms with E-state index >= 15 is 0 Å². The van der Waals surface area contributed by atoms with Gasteiger partial charge >= 0.3 is 5.97 Å². The van der Waals surface area contributed by atoms with Crippen molar-refractivity contribution in [2.24, 2.45) is 0 Å². The second-order valence-corrected chi connectivity index (χ2v) is 6.67. The number of esters is 1. The van der Waals surface area contributed by atoms with Gasteiger partial charge in [0.2, 0.25) is 0 Å². The lowest BCUT2D eigenvalue weighted by Gasteiger charge is -2.18. The molecule has 5 heteroatoms. The Balaban J connectivity index is 1.92. The first-order valence-electron chi connectivity index (χ1n) is 9.11. The minimum Gasteiger partial charge on any atom is -0.465 e. The monoisotopic (exact) mass is 387 g/mol. The highest BCUT2D eigenvalue weighted by atomic mass is 19.1. The molecule has 3 aromatic carbocycles. The van der Waals surface area contributed by atoms with Crippen LogP contribution in [-0.2, 0) is 14.3 Å². The maximum atomic E-state index is 14.4. The summed E-state index contributed by atoms with van der Waals surface area (Å²) in [5.74, 6) is -1.65. The van der Waals surface area contributed by atoms with E-state index in [0.717, 1.165) is 16.3 Å². The van der Waals surface area contributed by atoms with Crippen molar-refractivity contribution in [1.29, 1.82) is 0 Å². The lowest BCUT2D eigenvalue weighted by atomic mass is 9.99. The third kappa shape index (κ3) is 3.10. The van der Waals surface area contributed by atoms with Gasteiger partial charge in [-0.1, -0.05) is 54.6 Å². The highest BCUT2D eigenvalue weighted by Gasteiger charge is 2.38. The van der Waals surface area contributed by atoms with Crippen molar-refractivity contribution in [1.82, 2.24) is 0 Å². The summed E-state index contributed by atoms with van der Waals surface area (Å²) in [6.45, 7) is 1.61. The number of carbonyl (C=O) groups excluding carboxylic acids is 2. The van der Waals surface area contributed by atoms with Gasteiger partial charge in [-0.05, 0) is 41.5 Å². The van der Waals surface area contributed by atoms with Crippen molar-refractivity contribution < 1.29 is 18.7 Å². The first-order valence-corrected chi connectivity index (χ1v) is 9.11. The predicted octanol–water partition coefficient (Wildman–Crippen LogP) is 4.86. The van der Waals surface area contributed by atoms with Gasteiger partial charge < -0.3 is 4.74 Å². The molecule has 1 aliphatic rings. The highest BCUT2D eigenvalue weighted by Crippen LogP contribution is 2.37. The van der Waals surface area contributed by atoms with Crippen LogP contribution in [0.1, 0.15) is 12.5 Å². The molecule has 4 rings (SSSR count). The van der Waals surface area contributed by atoms with Crippen LogP contribution < -0.4 is 4.90 Å². The number of anilines is 1. The predicted molar refractivity (Wildman–Crippen MR) is 111 cm³/mol. The number of hydrogen-bond donors (Lipinski definition) is 0. The summed E-state index contributed by atoms with van der Waals surface area (Å²) in [6.07, 6.45) is 1.67. The summed E-state index contributed by atoms with van der Waals surface area (Å²) in [7, 11) is 1.26. The average Bonchev–Trinajstić information content (AvgIpc) is 2.98. The Morgan fingerprint density at radius 1 is 1.00 bits per heavy atom. The van der Waals surface area contributed by atoms with E-state index in [-0.39, 0.29) is 16.8 Å². The van der Waals surface area contributed by atoms with E-state index in [0.29, 0.717) is 5.70 Å². The van der Waals surface area contributed by atoms with Crippen molar-refractivity contribution in [2.45, 2.75) is 6.92 Å². The zero-order valence-electron chi connectivity index (χ0n) is 16.0. The van der Waals surface area contributed by atoms with E-state index in [9.17, 15) is 14.0 Å². The summed E-state index contributed by atoms with van der Waals surface area (Å²) in [5, 5.41) is 1.96. The van der Waals surface area contributed by atoms with Crippen LogP contribution >= 0.6 is 0 Å². The van der Waals surface area contributed by atoms with Crippen LogP contribution in [0.25, 0.3) is 16.8 Å². The molecule has 0 atom stereocenters. The molecule has 0 N–H and O–H groups in total. The average molecular weight is 387 g/mol. The molecular formula is C24H18FNO3. The lowest BCUT2D eigenvalue weighted by molar-refractivity contribution is -0.136. The van der Waals surface area contributed by atoms with Gasteiger partial charge in [-0.25, -0.2) is 9.18 Å². The van der Waals surface area contributed by atoms with E-state index in [1.54, 1.807) is 25.1 Å². The number of amides is 1. The quantitative estimate of drug-likeness (QED) is 0.476. The molecule has 0 aromatic heterocycles. The molecule has 0 saturated carbocycles. The second-order valence-electron chi connectivity index (χ2n) is 6.67. The number of allylic oxidation sites excluding steroid dienone is 1. The molecule has 0 spiro atoms. The fourth-order valence-corrected chi connectivity index (χ4v) is 3.64. The summed E-state index contributed by atoms with van der Waals surface area (Å²) in [4.78, 5) is 27.0. The standard InChI is InChI=1S/C24H18FNO3/c1-15-22(24(28)29-2)19(23(27)26(15)21-13-6-5-12-20(21)25)14-17-10-7-9-16-8-3-4-11-18(16)17/h3-14H,1-2H3/b19-14-. The Bertz CT molecular complexity index is 1200. The van der Waals surface area contributed by atoms with Crippen LogP contribution in [0.2, 0.25) is 0 Å².